The summed E-state index contributed by atoms with van der Waals surface area (Å²) in [7, 11) is 0. The van der Waals surface area contributed by atoms with Gasteiger partial charge in [-0.15, -0.1) is 0 Å². The van der Waals surface area contributed by atoms with Gasteiger partial charge in [0.05, 0.1) is 12.3 Å². The van der Waals surface area contributed by atoms with Crippen LogP contribution < -0.4 is 0 Å². The van der Waals surface area contributed by atoms with E-state index in [-0.39, 0.29) is 61.8 Å². The van der Waals surface area contributed by atoms with E-state index in [9.17, 15) is 4.11 Å². The fourth-order valence-corrected chi connectivity index (χ4v) is 7.94. The molecule has 5 nitrogen and oxygen atoms in total. The van der Waals surface area contributed by atoms with Gasteiger partial charge in [-0.1, -0.05) is 139 Å². The van der Waals surface area contributed by atoms with Crippen LogP contribution in [0.3, 0.4) is 0 Å². The van der Waals surface area contributed by atoms with Crippen molar-refractivity contribution in [3.05, 3.63) is 200 Å². The molecular formula is C55H33N3O2. The number of hydrogen-bond donors (Lipinski definition) is 0. The maximum atomic E-state index is 9.79. The van der Waals surface area contributed by atoms with Crippen LogP contribution in [0.5, 0.6) is 0 Å². The molecule has 0 radical (unpaired) electrons. The van der Waals surface area contributed by atoms with Crippen LogP contribution in [-0.2, 0) is 0 Å². The summed E-state index contributed by atoms with van der Waals surface area (Å²) < 4.78 is 93.4. The Labute approximate surface area is 357 Å². The quantitative estimate of drug-likeness (QED) is 0.168. The Balaban J connectivity index is 1.14. The molecule has 0 amide bonds. The molecule has 0 atom stereocenters. The first-order valence-corrected chi connectivity index (χ1v) is 19.4. The van der Waals surface area contributed by atoms with E-state index in [2.05, 4.69) is 24.3 Å². The summed E-state index contributed by atoms with van der Waals surface area (Å²) in [4.78, 5) is 15.0. The van der Waals surface area contributed by atoms with Gasteiger partial charge in [0.2, 0.25) is 0 Å². The van der Waals surface area contributed by atoms with E-state index in [1.165, 1.54) is 0 Å². The topological polar surface area (TPSA) is 65.0 Å². The Morgan fingerprint density at radius 2 is 1.02 bits per heavy atom. The highest BCUT2D eigenvalue weighted by Crippen LogP contribution is 2.40. The van der Waals surface area contributed by atoms with E-state index < -0.39 is 48.3 Å². The summed E-state index contributed by atoms with van der Waals surface area (Å²) in [6, 6.07) is 43.1. The van der Waals surface area contributed by atoms with Crippen LogP contribution in [0.4, 0.5) is 0 Å². The van der Waals surface area contributed by atoms with Gasteiger partial charge in [0.1, 0.15) is 22.3 Å². The van der Waals surface area contributed by atoms with Crippen molar-refractivity contribution in [2.45, 2.75) is 0 Å². The Hall–Kier alpha value is -8.15. The van der Waals surface area contributed by atoms with Gasteiger partial charge in [0.25, 0.3) is 0 Å². The monoisotopic (exact) mass is 776 g/mol. The largest absolute Gasteiger partial charge is 0.456 e. The van der Waals surface area contributed by atoms with E-state index in [0.29, 0.717) is 22.3 Å². The Kier molecular flexibility index (Phi) is 5.95. The minimum Gasteiger partial charge on any atom is -0.456 e. The Morgan fingerprint density at radius 3 is 1.75 bits per heavy atom. The molecule has 12 rings (SSSR count). The molecule has 0 N–H and O–H groups in total. The zero-order valence-corrected chi connectivity index (χ0v) is 31.5. The van der Waals surface area contributed by atoms with E-state index in [1.807, 2.05) is 121 Å². The summed E-state index contributed by atoms with van der Waals surface area (Å²) >= 11 is 0. The first-order chi connectivity index (χ1) is 33.5. The fourth-order valence-electron chi connectivity index (χ4n) is 7.94. The second kappa shape index (κ2) is 13.8. The van der Waals surface area contributed by atoms with Gasteiger partial charge in [-0.25, -0.2) is 15.0 Å². The highest BCUT2D eigenvalue weighted by Gasteiger charge is 2.19. The lowest BCUT2D eigenvalue weighted by molar-refractivity contribution is 0.669. The highest BCUT2D eigenvalue weighted by atomic mass is 16.3. The van der Waals surface area contributed by atoms with Crippen LogP contribution >= 0.6 is 0 Å². The second-order valence-electron chi connectivity index (χ2n) is 14.5. The van der Waals surface area contributed by atoms with E-state index in [0.717, 1.165) is 44.2 Å². The highest BCUT2D eigenvalue weighted by molar-refractivity contribution is 6.16. The number of fused-ring (bicyclic) bond motifs is 8. The van der Waals surface area contributed by atoms with Gasteiger partial charge < -0.3 is 8.83 Å². The molecule has 3 aromatic heterocycles. The molecule has 0 saturated carbocycles. The normalized spacial score (nSPS) is 13.8. The molecular weight excluding hydrogens is 735 g/mol. The van der Waals surface area contributed by atoms with Gasteiger partial charge in [-0.2, -0.15) is 0 Å². The van der Waals surface area contributed by atoms with Crippen LogP contribution in [0, 0.1) is 0 Å². The predicted octanol–water partition coefficient (Wildman–Crippen LogP) is 14.8. The molecule has 5 heteroatoms. The molecule has 0 bridgehead atoms. The molecule has 9 aromatic carbocycles. The smallest absolute Gasteiger partial charge is 0.164 e. The first-order valence-electron chi connectivity index (χ1n) is 23.9. The van der Waals surface area contributed by atoms with Gasteiger partial charge in [-0.05, 0) is 99.3 Å². The van der Waals surface area contributed by atoms with Crippen LogP contribution in [0.1, 0.15) is 12.3 Å². The van der Waals surface area contributed by atoms with Gasteiger partial charge in [0, 0.05) is 43.6 Å². The van der Waals surface area contributed by atoms with Crippen molar-refractivity contribution in [1.29, 1.82) is 0 Å². The third kappa shape index (κ3) is 5.75. The predicted molar refractivity (Wildman–Crippen MR) is 245 cm³/mol. The number of benzene rings is 9. The van der Waals surface area contributed by atoms with Crippen molar-refractivity contribution < 1.29 is 21.2 Å². The number of nitrogens with zero attached hydrogens (tertiary/aromatic N) is 3. The fraction of sp³-hybridized carbons (Fsp3) is 0. The first kappa shape index (κ1) is 26.0. The second-order valence-corrected chi connectivity index (χ2v) is 14.5. The molecule has 0 unspecified atom stereocenters. The molecule has 3 heterocycles. The lowest BCUT2D eigenvalue weighted by Gasteiger charge is -2.12. The molecule has 12 aromatic rings. The van der Waals surface area contributed by atoms with Gasteiger partial charge in [0.15, 0.2) is 17.5 Å². The molecule has 0 saturated heterocycles. The Morgan fingerprint density at radius 1 is 0.367 bits per heavy atom. The van der Waals surface area contributed by atoms with Crippen molar-refractivity contribution in [2.24, 2.45) is 0 Å². The van der Waals surface area contributed by atoms with E-state index in [1.54, 1.807) is 0 Å². The summed E-state index contributed by atoms with van der Waals surface area (Å²) in [5, 5.41) is 1.25. The maximum Gasteiger partial charge on any atom is 0.164 e. The number of furan rings is 2. The molecule has 0 fully saturated rings. The van der Waals surface area contributed by atoms with Crippen molar-refractivity contribution in [3.8, 4) is 67.5 Å². The third-order valence-corrected chi connectivity index (χ3v) is 10.8. The lowest BCUT2D eigenvalue weighted by Crippen LogP contribution is -2.00. The van der Waals surface area contributed by atoms with E-state index >= 15 is 0 Å². The number of aromatic nitrogens is 3. The molecule has 0 aliphatic heterocycles. The molecule has 280 valence electrons. The molecule has 0 aliphatic carbocycles. The summed E-state index contributed by atoms with van der Waals surface area (Å²) in [5.74, 6) is 0.281. The number of hydrogen-bond acceptors (Lipinski definition) is 5. The zero-order valence-electron chi connectivity index (χ0n) is 40.5. The average Bonchev–Trinajstić information content (AvgIpc) is 3.98. The summed E-state index contributed by atoms with van der Waals surface area (Å²) in [5.41, 5.74) is 7.53. The van der Waals surface area contributed by atoms with Crippen molar-refractivity contribution in [1.82, 2.24) is 15.0 Å². The van der Waals surface area contributed by atoms with Gasteiger partial charge in [-0.3, -0.25) is 0 Å². The van der Waals surface area contributed by atoms with Crippen molar-refractivity contribution in [3.63, 3.8) is 0 Å². The lowest BCUT2D eigenvalue weighted by atomic mass is 9.96. The SMILES string of the molecule is [2H]c1c(-c2nc(-c3cc(-c4ccccc4)cc(-c4ccccc4)c3)nc(-c3ccc4c(c3)oc3cccc(-c5ccccc5)c34)n2)c([2H])c2c(oc3c4c([2H])c([2H])c([2H])c([2H])c4c([2H])c([2H])c32)c1[2H]. The average molecular weight is 777 g/mol. The summed E-state index contributed by atoms with van der Waals surface area (Å²) in [6.45, 7) is 0. The summed E-state index contributed by atoms with van der Waals surface area (Å²) in [6.07, 6.45) is 0. The molecule has 60 heavy (non-hydrogen) atoms. The minimum atomic E-state index is -0.572. The molecule has 0 aliphatic rings. The maximum absolute atomic E-state index is 9.79. The standard InChI is InChI=1S/C55H33N3O2/c1-4-13-34(14-5-1)40-29-41(35-15-6-2-7-16-35)31-42(30-40)55-57-53(38-25-28-48-47(32-38)45-26-23-37-19-10-11-20-44(37)52(45)60-48)56-54(58-55)39-24-27-46-50(33-39)59-49-22-12-21-43(51(46)49)36-17-8-3-9-18-36/h1-33H/i10D,11D,19D,20D,23D,25D,26D,28D,32D. The van der Waals surface area contributed by atoms with Crippen LogP contribution in [0.2, 0.25) is 0 Å². The minimum absolute atomic E-state index is 0.0901. The van der Waals surface area contributed by atoms with E-state index in [4.69, 9.17) is 32.0 Å². The van der Waals surface area contributed by atoms with Crippen LogP contribution in [0.25, 0.3) is 122 Å². The third-order valence-electron chi connectivity index (χ3n) is 10.8. The molecule has 0 spiro atoms. The Bertz CT molecular complexity index is 4070. The van der Waals surface area contributed by atoms with Crippen LogP contribution in [-0.4, -0.2) is 15.0 Å². The van der Waals surface area contributed by atoms with Crippen molar-refractivity contribution >= 4 is 54.6 Å². The van der Waals surface area contributed by atoms with Gasteiger partial charge >= 0.3 is 0 Å². The number of rotatable bonds is 6. The zero-order chi connectivity index (χ0) is 47.4. The van der Waals surface area contributed by atoms with Crippen LogP contribution in [0.15, 0.2) is 209 Å². The van der Waals surface area contributed by atoms with Crippen molar-refractivity contribution in [2.75, 3.05) is 0 Å².